The lowest BCUT2D eigenvalue weighted by Gasteiger charge is -2.38. The van der Waals surface area contributed by atoms with E-state index in [0.29, 0.717) is 49.0 Å². The standard InChI is InChI=1S/C82H122ClN13O14/c1-18-30-58(78(106)95-37-27-22-28-38-95)84-70(98)53(12)90(13)79(107)65(41-50(7)8)93(16)76(104)60(39-48(3)4)86-75(103)68-69-82(110)96(69)64(45-55-33-25-21-26-34-55)74(102)88-67(52(11)19-2)81(109)94(17)66(42-51(9)10)80(108)92(15)62(40-49(5)6)72(100)85-59(44-54-31-23-20-24-32-54)71(99)87-61(47-97)77(105)91(14)63(73(101)89-68)46-56-35-29-36-57(83)43-56/h20-21,23-26,29,31-36,43,48-53,58-69,97H,18-19,22,27-28,30,37-42,44-47H2,1-17H3,(H,84,98)(H,85,100)(H,86,103)(H,87,99)(H,88,102)(H,89,101)/t52?,53-,58?,59-,60?,61?,62?,63-,64?,65?,66?,67?,68-,69?,96?/m0/s1. The van der Waals surface area contributed by atoms with Crippen LogP contribution in [0.4, 0.5) is 0 Å². The molecular formula is C82H122ClN13O14. The Balaban J connectivity index is 1.52. The van der Waals surface area contributed by atoms with Crippen LogP contribution < -0.4 is 31.9 Å². The lowest BCUT2D eigenvalue weighted by atomic mass is 9.94. The number of piperidine rings is 1. The van der Waals surface area contributed by atoms with Gasteiger partial charge in [0.25, 0.3) is 0 Å². The Morgan fingerprint density at radius 3 is 1.62 bits per heavy atom. The fourth-order valence-electron chi connectivity index (χ4n) is 14.5. The van der Waals surface area contributed by atoms with E-state index >= 15 is 52.7 Å². The molecular weight excluding hydrogens is 1430 g/mol. The minimum absolute atomic E-state index is 0.0747. The van der Waals surface area contributed by atoms with Gasteiger partial charge in [-0.1, -0.05) is 173 Å². The maximum atomic E-state index is 16.0. The first-order valence-corrected chi connectivity index (χ1v) is 39.5. The zero-order valence-corrected chi connectivity index (χ0v) is 68.3. The molecule has 3 aromatic rings. The Bertz CT molecular complexity index is 3670. The molecule has 0 radical (unpaired) electrons. The van der Waals surface area contributed by atoms with Gasteiger partial charge in [-0.3, -0.25) is 62.3 Å². The average molecular weight is 1550 g/mol. The number of fused-ring (bicyclic) bond motifs is 1. The molecule has 7 N–H and O–H groups in total. The summed E-state index contributed by atoms with van der Waals surface area (Å²) in [5.41, 5.74) is 1.51. The van der Waals surface area contributed by atoms with Crippen molar-refractivity contribution in [1.82, 2.24) is 66.2 Å². The number of carbonyl (C=O) groups excluding carboxylic acids is 13. The van der Waals surface area contributed by atoms with E-state index in [1.54, 1.807) is 105 Å². The Morgan fingerprint density at radius 1 is 0.536 bits per heavy atom. The second-order valence-corrected chi connectivity index (χ2v) is 32.3. The summed E-state index contributed by atoms with van der Waals surface area (Å²) in [6.45, 7) is 21.8. The Kier molecular flexibility index (Phi) is 34.2. The van der Waals surface area contributed by atoms with Gasteiger partial charge in [0.15, 0.2) is 0 Å². The number of benzene rings is 3. The predicted octanol–water partition coefficient (Wildman–Crippen LogP) is 5.06. The molecule has 3 aromatic carbocycles. The number of hydrogen-bond acceptors (Lipinski definition) is 14. The molecule has 0 saturated carbocycles. The van der Waals surface area contributed by atoms with Gasteiger partial charge in [0, 0.05) is 72.6 Å². The first-order valence-electron chi connectivity index (χ1n) is 39.2. The molecule has 0 aromatic heterocycles. The van der Waals surface area contributed by atoms with E-state index in [2.05, 4.69) is 31.9 Å². The largest absolute Gasteiger partial charge is 0.394 e. The van der Waals surface area contributed by atoms with Crippen molar-refractivity contribution in [3.63, 3.8) is 0 Å². The Labute approximate surface area is 655 Å². The minimum Gasteiger partial charge on any atom is -0.394 e. The van der Waals surface area contributed by atoms with E-state index in [9.17, 15) is 14.7 Å². The topological polar surface area (TPSA) is 337 Å². The number of halogens is 1. The van der Waals surface area contributed by atoms with Crippen molar-refractivity contribution in [3.05, 3.63) is 107 Å². The molecule has 3 aliphatic heterocycles. The quantitative estimate of drug-likeness (QED) is 0.0468. The van der Waals surface area contributed by atoms with Crippen molar-refractivity contribution in [1.29, 1.82) is 0 Å². The van der Waals surface area contributed by atoms with Gasteiger partial charge in [0.1, 0.15) is 78.5 Å². The van der Waals surface area contributed by atoms with Crippen LogP contribution in [0.25, 0.3) is 0 Å². The lowest BCUT2D eigenvalue weighted by Crippen LogP contribution is -2.63. The lowest BCUT2D eigenvalue weighted by molar-refractivity contribution is -0.150. The van der Waals surface area contributed by atoms with E-state index in [-0.39, 0.29) is 79.5 Å². The Morgan fingerprint density at radius 2 is 1.06 bits per heavy atom. The second-order valence-electron chi connectivity index (χ2n) is 31.9. The first-order chi connectivity index (χ1) is 52.0. The molecule has 14 atom stereocenters. The first kappa shape index (κ1) is 89.9. The molecule has 6 rings (SSSR count). The maximum Gasteiger partial charge on any atom is 0.249 e. The van der Waals surface area contributed by atoms with Crippen LogP contribution in [0.5, 0.6) is 0 Å². The van der Waals surface area contributed by atoms with Gasteiger partial charge in [-0.15, -0.1) is 0 Å². The van der Waals surface area contributed by atoms with Crippen molar-refractivity contribution < 1.29 is 67.4 Å². The van der Waals surface area contributed by atoms with Gasteiger partial charge in [0.05, 0.1) is 6.61 Å². The van der Waals surface area contributed by atoms with Crippen LogP contribution in [0.2, 0.25) is 5.02 Å². The molecule has 0 aliphatic carbocycles. The highest BCUT2D eigenvalue weighted by atomic mass is 35.5. The summed E-state index contributed by atoms with van der Waals surface area (Å²) in [7, 11) is 6.97. The number of nitrogens with one attached hydrogen (secondary N) is 6. The fourth-order valence-corrected chi connectivity index (χ4v) is 14.7. The zero-order valence-electron chi connectivity index (χ0n) is 67.6. The third-order valence-corrected chi connectivity index (χ3v) is 21.6. The van der Waals surface area contributed by atoms with Crippen LogP contribution in [0.15, 0.2) is 84.9 Å². The summed E-state index contributed by atoms with van der Waals surface area (Å²) < 4.78 is 0. The van der Waals surface area contributed by atoms with E-state index in [0.717, 1.165) is 29.1 Å². The molecule has 0 bridgehead atoms. The van der Waals surface area contributed by atoms with E-state index in [1.165, 1.54) is 67.8 Å². The van der Waals surface area contributed by atoms with Crippen molar-refractivity contribution in [2.24, 2.45) is 29.6 Å². The van der Waals surface area contributed by atoms with Gasteiger partial charge in [0.2, 0.25) is 76.8 Å². The minimum atomic E-state index is -2.02. The van der Waals surface area contributed by atoms with Crippen molar-refractivity contribution >= 4 is 88.4 Å². The number of aliphatic hydroxyl groups excluding tert-OH is 1. The number of carbonyl (C=O) groups is 13. The smallest absolute Gasteiger partial charge is 0.249 e. The number of aliphatic hydroxyl groups is 1. The van der Waals surface area contributed by atoms with Crippen LogP contribution in [-0.2, 0) is 81.6 Å². The fraction of sp³-hybridized carbons (Fsp3) is 0.622. The summed E-state index contributed by atoms with van der Waals surface area (Å²) in [4.78, 5) is 206. The molecule has 10 unspecified atom stereocenters. The van der Waals surface area contributed by atoms with Gasteiger partial charge in [-0.2, -0.15) is 0 Å². The molecule has 13 amide bonds. The molecule has 28 heteroatoms. The number of hydrogen-bond donors (Lipinski definition) is 7. The molecule has 3 heterocycles. The summed E-state index contributed by atoms with van der Waals surface area (Å²) in [6.07, 6.45) is 3.48. The van der Waals surface area contributed by atoms with E-state index in [4.69, 9.17) is 11.6 Å². The molecule has 27 nitrogen and oxygen atoms in total. The van der Waals surface area contributed by atoms with Crippen molar-refractivity contribution in [2.45, 2.75) is 245 Å². The van der Waals surface area contributed by atoms with Gasteiger partial charge >= 0.3 is 0 Å². The SMILES string of the molecule is CCCC(NC(=O)[C@H](C)N(C)C(=O)C(CC(C)C)N(C)C(=O)C(CC(C)C)NC(=O)[C@H]1NC(=O)[C@H](Cc2cccc(Cl)c2)N(C)C(=O)C(CO)NC(=O)[C@H](Cc2ccccc2)NC(=O)C(CC(C)C)N(C)C(=O)C(CC(C)C)N(C)C(=O)C(C(C)CC)NC(=O)C(Cc2ccccc2)N2C(=O)C12)C(=O)N1CCCCC1. The summed E-state index contributed by atoms with van der Waals surface area (Å²) >= 11 is 6.56. The monoisotopic (exact) mass is 1550 g/mol. The zero-order chi connectivity index (χ0) is 81.7. The number of rotatable bonds is 28. The highest BCUT2D eigenvalue weighted by Gasteiger charge is 2.60. The van der Waals surface area contributed by atoms with Gasteiger partial charge in [-0.25, -0.2) is 0 Å². The van der Waals surface area contributed by atoms with Crippen LogP contribution in [-0.4, -0.2) is 250 Å². The highest BCUT2D eigenvalue weighted by molar-refractivity contribution is 6.30. The summed E-state index contributed by atoms with van der Waals surface area (Å²) in [6, 6.07) is 4.89. The highest BCUT2D eigenvalue weighted by Crippen LogP contribution is 2.32. The average Bonchev–Trinajstić information content (AvgIpc) is 1.58. The predicted molar refractivity (Wildman–Crippen MR) is 420 cm³/mol. The second kappa shape index (κ2) is 41.9. The van der Waals surface area contributed by atoms with Crippen LogP contribution >= 0.6 is 11.6 Å². The normalized spacial score (nSPS) is 23.1. The number of nitrogens with zero attached hydrogens (tertiary/aromatic N) is 7. The number of likely N-dealkylation sites (N-methyl/N-ethyl adjacent to an activating group) is 5. The third kappa shape index (κ3) is 24.3. The third-order valence-electron chi connectivity index (χ3n) is 21.4. The molecule has 3 saturated heterocycles. The summed E-state index contributed by atoms with van der Waals surface area (Å²) in [5, 5.41) is 28.4. The number of amides is 13. The van der Waals surface area contributed by atoms with Crippen LogP contribution in [0.1, 0.15) is 164 Å². The van der Waals surface area contributed by atoms with Gasteiger partial charge < -0.3 is 71.3 Å². The van der Waals surface area contributed by atoms with Crippen LogP contribution in [0.3, 0.4) is 0 Å². The maximum absolute atomic E-state index is 16.0. The van der Waals surface area contributed by atoms with Gasteiger partial charge in [-0.05, 0) is 117 Å². The van der Waals surface area contributed by atoms with Crippen molar-refractivity contribution in [2.75, 3.05) is 54.9 Å². The van der Waals surface area contributed by atoms with E-state index < -0.39 is 162 Å². The molecule has 3 fully saturated rings. The van der Waals surface area contributed by atoms with Crippen molar-refractivity contribution in [3.8, 4) is 0 Å². The van der Waals surface area contributed by atoms with Crippen LogP contribution in [0, 0.1) is 29.6 Å². The number of likely N-dealkylation sites (tertiary alicyclic amines) is 1. The molecule has 606 valence electrons. The van der Waals surface area contributed by atoms with E-state index in [1.807, 2.05) is 55.4 Å². The molecule has 0 spiro atoms. The summed E-state index contributed by atoms with van der Waals surface area (Å²) in [5.74, 6) is -11.6. The Hall–Kier alpha value is -8.98. The molecule has 110 heavy (non-hydrogen) atoms. The molecule has 3 aliphatic rings.